The minimum absolute atomic E-state index is 0.00292. The van der Waals surface area contributed by atoms with Gasteiger partial charge in [-0.2, -0.15) is 5.10 Å². The standard InChI is InChI=1S/C29H33N3O8S/c1-29(2,3)40-28(34)20-39-22-13-11-21(12-14-22)18-30-31-27(33)19-32(41(35,36)24-9-7-6-8-10-24)25-16-15-23(37-4)17-26(25)38-5/h6-18H,19-20H2,1-5H3,(H,31,33)/b30-18+. The fourth-order valence-corrected chi connectivity index (χ4v) is 4.97. The molecule has 3 aromatic rings. The van der Waals surface area contributed by atoms with Crippen molar-refractivity contribution in [1.82, 2.24) is 5.43 Å². The molecule has 3 aromatic carbocycles. The maximum Gasteiger partial charge on any atom is 0.344 e. The highest BCUT2D eigenvalue weighted by Gasteiger charge is 2.29. The van der Waals surface area contributed by atoms with E-state index in [-0.39, 0.29) is 22.9 Å². The van der Waals surface area contributed by atoms with Gasteiger partial charge in [0.25, 0.3) is 15.9 Å². The van der Waals surface area contributed by atoms with E-state index in [1.54, 1.807) is 69.3 Å². The van der Waals surface area contributed by atoms with E-state index in [1.807, 2.05) is 0 Å². The van der Waals surface area contributed by atoms with E-state index in [2.05, 4.69) is 10.5 Å². The SMILES string of the molecule is COc1ccc(N(CC(=O)N/N=C/c2ccc(OCC(=O)OC(C)(C)C)cc2)S(=O)(=O)c2ccccc2)c(OC)c1. The Hall–Kier alpha value is -4.58. The predicted molar refractivity (Wildman–Crippen MR) is 154 cm³/mol. The molecular formula is C29H33N3O8S. The first-order chi connectivity index (χ1) is 19.4. The molecule has 12 heteroatoms. The van der Waals surface area contributed by atoms with Crippen molar-refractivity contribution in [3.8, 4) is 17.2 Å². The Kier molecular flexibility index (Phi) is 10.3. The Balaban J connectivity index is 1.71. The number of hydrogen-bond acceptors (Lipinski definition) is 9. The molecule has 1 amide bonds. The number of nitrogens with one attached hydrogen (secondary N) is 1. The lowest BCUT2D eigenvalue weighted by Crippen LogP contribution is -2.39. The van der Waals surface area contributed by atoms with Crippen LogP contribution in [-0.4, -0.2) is 59.5 Å². The van der Waals surface area contributed by atoms with Gasteiger partial charge in [0.05, 0.1) is 31.0 Å². The first-order valence-corrected chi connectivity index (χ1v) is 13.9. The van der Waals surface area contributed by atoms with E-state index in [0.29, 0.717) is 17.1 Å². The fraction of sp³-hybridized carbons (Fsp3) is 0.276. The van der Waals surface area contributed by atoms with Gasteiger partial charge in [-0.3, -0.25) is 9.10 Å². The van der Waals surface area contributed by atoms with Gasteiger partial charge in [0.2, 0.25) is 0 Å². The van der Waals surface area contributed by atoms with E-state index < -0.39 is 34.0 Å². The van der Waals surface area contributed by atoms with E-state index in [1.165, 1.54) is 44.7 Å². The molecule has 0 heterocycles. The summed E-state index contributed by atoms with van der Waals surface area (Å²) in [6.45, 7) is 4.51. The first kappa shape index (κ1) is 31.0. The normalized spacial score (nSPS) is 11.5. The number of benzene rings is 3. The third kappa shape index (κ3) is 8.97. The summed E-state index contributed by atoms with van der Waals surface area (Å²) in [5, 5.41) is 3.94. The highest BCUT2D eigenvalue weighted by Crippen LogP contribution is 2.35. The first-order valence-electron chi connectivity index (χ1n) is 12.5. The summed E-state index contributed by atoms with van der Waals surface area (Å²) in [4.78, 5) is 24.7. The number of esters is 1. The van der Waals surface area contributed by atoms with Crippen molar-refractivity contribution >= 4 is 33.8 Å². The second-order valence-electron chi connectivity index (χ2n) is 9.60. The van der Waals surface area contributed by atoms with Crippen molar-refractivity contribution in [1.29, 1.82) is 0 Å². The van der Waals surface area contributed by atoms with Gasteiger partial charge < -0.3 is 18.9 Å². The van der Waals surface area contributed by atoms with Crippen LogP contribution >= 0.6 is 0 Å². The molecule has 1 N–H and O–H groups in total. The van der Waals surface area contributed by atoms with Crippen molar-refractivity contribution in [2.45, 2.75) is 31.3 Å². The van der Waals surface area contributed by atoms with Crippen molar-refractivity contribution in [3.63, 3.8) is 0 Å². The molecule has 0 radical (unpaired) electrons. The summed E-state index contributed by atoms with van der Waals surface area (Å²) in [5.41, 5.74) is 2.53. The molecule has 0 aromatic heterocycles. The lowest BCUT2D eigenvalue weighted by Gasteiger charge is -2.25. The van der Waals surface area contributed by atoms with Crippen molar-refractivity contribution in [3.05, 3.63) is 78.4 Å². The third-order valence-electron chi connectivity index (χ3n) is 5.33. The summed E-state index contributed by atoms with van der Waals surface area (Å²) in [7, 11) is -1.28. The Morgan fingerprint density at radius 2 is 1.59 bits per heavy atom. The quantitative estimate of drug-likeness (QED) is 0.194. The summed E-state index contributed by atoms with van der Waals surface area (Å²) in [6.07, 6.45) is 1.39. The molecule has 0 aliphatic carbocycles. The van der Waals surface area contributed by atoms with E-state index >= 15 is 0 Å². The van der Waals surface area contributed by atoms with Gasteiger partial charge in [-0.25, -0.2) is 18.6 Å². The molecule has 0 aliphatic rings. The van der Waals surface area contributed by atoms with Crippen molar-refractivity contribution in [2.24, 2.45) is 5.10 Å². The van der Waals surface area contributed by atoms with Crippen LogP contribution in [0.2, 0.25) is 0 Å². The minimum Gasteiger partial charge on any atom is -0.497 e. The fourth-order valence-electron chi connectivity index (χ4n) is 3.52. The number of methoxy groups -OCH3 is 2. The van der Waals surface area contributed by atoms with Crippen LogP contribution in [0, 0.1) is 0 Å². The molecule has 11 nitrogen and oxygen atoms in total. The predicted octanol–water partition coefficient (Wildman–Crippen LogP) is 3.77. The number of nitrogens with zero attached hydrogens (tertiary/aromatic N) is 2. The molecule has 0 fully saturated rings. The molecule has 3 rings (SSSR count). The van der Waals surface area contributed by atoms with Gasteiger partial charge in [-0.1, -0.05) is 18.2 Å². The summed E-state index contributed by atoms with van der Waals surface area (Å²) in [6, 6.07) is 19.0. The summed E-state index contributed by atoms with van der Waals surface area (Å²) >= 11 is 0. The minimum atomic E-state index is -4.15. The number of rotatable bonds is 12. The number of carbonyl (C=O) groups is 2. The number of sulfonamides is 1. The van der Waals surface area contributed by atoms with Gasteiger partial charge in [-0.05, 0) is 74.9 Å². The Morgan fingerprint density at radius 1 is 0.927 bits per heavy atom. The number of carbonyl (C=O) groups excluding carboxylic acids is 2. The highest BCUT2D eigenvalue weighted by atomic mass is 32.2. The Labute approximate surface area is 239 Å². The number of hydrazone groups is 1. The average molecular weight is 584 g/mol. The van der Waals surface area contributed by atoms with Crippen LogP contribution in [0.1, 0.15) is 26.3 Å². The molecule has 0 saturated heterocycles. The van der Waals surface area contributed by atoms with Crippen molar-refractivity contribution in [2.75, 3.05) is 31.7 Å². The molecule has 218 valence electrons. The zero-order valence-electron chi connectivity index (χ0n) is 23.5. The zero-order valence-corrected chi connectivity index (χ0v) is 24.3. The molecule has 0 aliphatic heterocycles. The average Bonchev–Trinajstić information content (AvgIpc) is 2.94. The molecule has 0 atom stereocenters. The smallest absolute Gasteiger partial charge is 0.344 e. The Morgan fingerprint density at radius 3 is 2.20 bits per heavy atom. The van der Waals surface area contributed by atoms with Crippen LogP contribution < -0.4 is 23.9 Å². The largest absolute Gasteiger partial charge is 0.497 e. The number of hydrogen-bond donors (Lipinski definition) is 1. The maximum absolute atomic E-state index is 13.6. The number of anilines is 1. The lowest BCUT2D eigenvalue weighted by molar-refractivity contribution is -0.157. The third-order valence-corrected chi connectivity index (χ3v) is 7.11. The van der Waals surface area contributed by atoms with Crippen LogP contribution in [0.4, 0.5) is 5.69 Å². The summed E-state index contributed by atoms with van der Waals surface area (Å²) < 4.78 is 49.3. The molecule has 41 heavy (non-hydrogen) atoms. The van der Waals surface area contributed by atoms with Crippen LogP contribution in [-0.2, 0) is 24.3 Å². The van der Waals surface area contributed by atoms with Crippen LogP contribution in [0.25, 0.3) is 0 Å². The molecule has 0 unspecified atom stereocenters. The lowest BCUT2D eigenvalue weighted by atomic mass is 10.2. The van der Waals surface area contributed by atoms with Crippen LogP contribution in [0.15, 0.2) is 82.8 Å². The second-order valence-corrected chi connectivity index (χ2v) is 11.5. The van der Waals surface area contributed by atoms with Crippen LogP contribution in [0.3, 0.4) is 0 Å². The topological polar surface area (TPSA) is 133 Å². The van der Waals surface area contributed by atoms with Gasteiger partial charge in [0, 0.05) is 6.07 Å². The van der Waals surface area contributed by atoms with Gasteiger partial charge in [0.15, 0.2) is 6.61 Å². The van der Waals surface area contributed by atoms with E-state index in [9.17, 15) is 18.0 Å². The van der Waals surface area contributed by atoms with Crippen LogP contribution in [0.5, 0.6) is 17.2 Å². The Bertz CT molecular complexity index is 1470. The number of ether oxygens (including phenoxy) is 4. The van der Waals surface area contributed by atoms with E-state index in [4.69, 9.17) is 18.9 Å². The zero-order chi connectivity index (χ0) is 30.0. The van der Waals surface area contributed by atoms with Crippen molar-refractivity contribution < 1.29 is 37.0 Å². The van der Waals surface area contributed by atoms with Gasteiger partial charge in [0.1, 0.15) is 29.4 Å². The molecule has 0 spiro atoms. The van der Waals surface area contributed by atoms with E-state index in [0.717, 1.165) is 4.31 Å². The highest BCUT2D eigenvalue weighted by molar-refractivity contribution is 7.92. The molecule has 0 bridgehead atoms. The molecule has 0 saturated carbocycles. The monoisotopic (exact) mass is 583 g/mol. The summed E-state index contributed by atoms with van der Waals surface area (Å²) in [5.74, 6) is -0.0586. The number of amides is 1. The van der Waals surface area contributed by atoms with Gasteiger partial charge in [-0.15, -0.1) is 0 Å². The van der Waals surface area contributed by atoms with Gasteiger partial charge >= 0.3 is 5.97 Å². The molecular weight excluding hydrogens is 550 g/mol. The second kappa shape index (κ2) is 13.7. The maximum atomic E-state index is 13.6.